The molecule has 18 heavy (non-hydrogen) atoms. The SMILES string of the molecule is COC(=O)c1cc(NC(=O)C(F)F)c(F)cc1F. The molecule has 0 saturated heterocycles. The molecule has 0 atom stereocenters. The van der Waals surface area contributed by atoms with Crippen LogP contribution in [0.1, 0.15) is 10.4 Å². The van der Waals surface area contributed by atoms with Crippen molar-refractivity contribution < 1.29 is 31.9 Å². The van der Waals surface area contributed by atoms with Crippen molar-refractivity contribution in [3.8, 4) is 0 Å². The van der Waals surface area contributed by atoms with Crippen LogP contribution in [-0.4, -0.2) is 25.4 Å². The zero-order valence-corrected chi connectivity index (χ0v) is 8.97. The Bertz CT molecular complexity index is 490. The first-order chi connectivity index (χ1) is 8.36. The van der Waals surface area contributed by atoms with E-state index in [0.717, 1.165) is 7.11 Å². The molecule has 0 spiro atoms. The van der Waals surface area contributed by atoms with E-state index in [0.29, 0.717) is 6.07 Å². The number of carbonyl (C=O) groups excluding carboxylic acids is 2. The predicted molar refractivity (Wildman–Crippen MR) is 52.3 cm³/mol. The third-order valence-electron chi connectivity index (χ3n) is 1.92. The lowest BCUT2D eigenvalue weighted by Gasteiger charge is -2.08. The van der Waals surface area contributed by atoms with E-state index >= 15 is 0 Å². The van der Waals surface area contributed by atoms with E-state index < -0.39 is 41.2 Å². The molecule has 0 aliphatic carbocycles. The van der Waals surface area contributed by atoms with Crippen LogP contribution >= 0.6 is 0 Å². The van der Waals surface area contributed by atoms with Crippen LogP contribution in [0.15, 0.2) is 12.1 Å². The van der Waals surface area contributed by atoms with Gasteiger partial charge in [-0.15, -0.1) is 0 Å². The topological polar surface area (TPSA) is 55.4 Å². The predicted octanol–water partition coefficient (Wildman–Crippen LogP) is 1.96. The summed E-state index contributed by atoms with van der Waals surface area (Å²) in [6, 6.07) is 0.865. The van der Waals surface area contributed by atoms with Crippen molar-refractivity contribution in [1.29, 1.82) is 0 Å². The number of alkyl halides is 2. The molecule has 1 N–H and O–H groups in total. The van der Waals surface area contributed by atoms with Gasteiger partial charge in [0.1, 0.15) is 11.6 Å². The normalized spacial score (nSPS) is 10.3. The van der Waals surface area contributed by atoms with E-state index in [1.165, 1.54) is 5.32 Å². The third-order valence-corrected chi connectivity index (χ3v) is 1.92. The van der Waals surface area contributed by atoms with Gasteiger partial charge < -0.3 is 10.1 Å². The molecule has 1 aromatic carbocycles. The smallest absolute Gasteiger partial charge is 0.340 e. The number of benzene rings is 1. The van der Waals surface area contributed by atoms with Gasteiger partial charge in [-0.3, -0.25) is 4.79 Å². The number of methoxy groups -OCH3 is 1. The number of amides is 1. The van der Waals surface area contributed by atoms with E-state index in [9.17, 15) is 27.2 Å². The molecular weight excluding hydrogens is 258 g/mol. The summed E-state index contributed by atoms with van der Waals surface area (Å²) in [5.41, 5.74) is -1.41. The Morgan fingerprint density at radius 2 is 1.83 bits per heavy atom. The summed E-state index contributed by atoms with van der Waals surface area (Å²) < 4.78 is 54.4. The maximum atomic E-state index is 13.2. The van der Waals surface area contributed by atoms with Gasteiger partial charge in [0.2, 0.25) is 0 Å². The van der Waals surface area contributed by atoms with Crippen molar-refractivity contribution in [2.24, 2.45) is 0 Å². The van der Waals surface area contributed by atoms with Gasteiger partial charge in [0.15, 0.2) is 0 Å². The zero-order chi connectivity index (χ0) is 13.9. The van der Waals surface area contributed by atoms with Crippen LogP contribution in [0.5, 0.6) is 0 Å². The Morgan fingerprint density at radius 3 is 2.33 bits per heavy atom. The highest BCUT2D eigenvalue weighted by Gasteiger charge is 2.21. The number of hydrogen-bond acceptors (Lipinski definition) is 3. The number of anilines is 1. The second-order valence-electron chi connectivity index (χ2n) is 3.09. The molecule has 8 heteroatoms. The minimum atomic E-state index is -3.36. The van der Waals surface area contributed by atoms with Gasteiger partial charge in [-0.1, -0.05) is 0 Å². The average molecular weight is 265 g/mol. The standard InChI is InChI=1S/C10H7F4NO3/c1-18-10(17)4-2-7(6(12)3-5(4)11)15-9(16)8(13)14/h2-3,8H,1H3,(H,15,16). The van der Waals surface area contributed by atoms with Crippen molar-refractivity contribution >= 4 is 17.6 Å². The summed E-state index contributed by atoms with van der Waals surface area (Å²) in [6.07, 6.45) is -3.36. The Kier molecular flexibility index (Phi) is 4.24. The maximum Gasteiger partial charge on any atom is 0.340 e. The quantitative estimate of drug-likeness (QED) is 0.671. The molecule has 0 aliphatic heterocycles. The molecule has 1 aromatic rings. The number of rotatable bonds is 3. The Labute approximate surface area is 98.5 Å². The van der Waals surface area contributed by atoms with Crippen LogP contribution in [0, 0.1) is 11.6 Å². The van der Waals surface area contributed by atoms with E-state index in [4.69, 9.17) is 0 Å². The number of carbonyl (C=O) groups is 2. The maximum absolute atomic E-state index is 13.2. The molecule has 0 aromatic heterocycles. The fourth-order valence-corrected chi connectivity index (χ4v) is 1.10. The minimum Gasteiger partial charge on any atom is -0.465 e. The number of halogens is 4. The highest BCUT2D eigenvalue weighted by atomic mass is 19.3. The van der Waals surface area contributed by atoms with Crippen LogP contribution in [0.2, 0.25) is 0 Å². The van der Waals surface area contributed by atoms with Crippen molar-refractivity contribution in [3.05, 3.63) is 29.3 Å². The molecule has 4 nitrogen and oxygen atoms in total. The van der Waals surface area contributed by atoms with E-state index in [1.54, 1.807) is 0 Å². The Hall–Kier alpha value is -2.12. The number of ether oxygens (including phenoxy) is 1. The highest BCUT2D eigenvalue weighted by molar-refractivity contribution is 5.96. The summed E-state index contributed by atoms with van der Waals surface area (Å²) >= 11 is 0. The lowest BCUT2D eigenvalue weighted by molar-refractivity contribution is -0.126. The summed E-state index contributed by atoms with van der Waals surface area (Å²) in [5.74, 6) is -5.40. The third kappa shape index (κ3) is 2.96. The van der Waals surface area contributed by atoms with Gasteiger partial charge in [0.25, 0.3) is 5.91 Å². The first kappa shape index (κ1) is 13.9. The summed E-state index contributed by atoms with van der Waals surface area (Å²) in [6.45, 7) is 0. The van der Waals surface area contributed by atoms with Crippen LogP contribution in [0.4, 0.5) is 23.2 Å². The van der Waals surface area contributed by atoms with Crippen LogP contribution in [-0.2, 0) is 9.53 Å². The van der Waals surface area contributed by atoms with Gasteiger partial charge in [0.05, 0.1) is 18.4 Å². The number of hydrogen-bond donors (Lipinski definition) is 1. The van der Waals surface area contributed by atoms with Crippen molar-refractivity contribution in [2.45, 2.75) is 6.43 Å². The first-order valence-electron chi connectivity index (χ1n) is 4.53. The Balaban J connectivity index is 3.13. The average Bonchev–Trinajstić information content (AvgIpc) is 2.31. The summed E-state index contributed by atoms with van der Waals surface area (Å²) in [5, 5.41) is 1.52. The fourth-order valence-electron chi connectivity index (χ4n) is 1.10. The molecule has 0 aliphatic rings. The van der Waals surface area contributed by atoms with Crippen LogP contribution < -0.4 is 5.32 Å². The zero-order valence-electron chi connectivity index (χ0n) is 8.97. The second kappa shape index (κ2) is 5.48. The van der Waals surface area contributed by atoms with Crippen LogP contribution in [0.25, 0.3) is 0 Å². The largest absolute Gasteiger partial charge is 0.465 e. The molecule has 1 rings (SSSR count). The molecule has 1 amide bonds. The molecule has 0 bridgehead atoms. The number of nitrogens with one attached hydrogen (secondary N) is 1. The molecule has 0 unspecified atom stereocenters. The van der Waals surface area contributed by atoms with Crippen molar-refractivity contribution in [2.75, 3.05) is 12.4 Å². The molecule has 0 saturated carbocycles. The highest BCUT2D eigenvalue weighted by Crippen LogP contribution is 2.20. The van der Waals surface area contributed by atoms with Gasteiger partial charge >= 0.3 is 12.4 Å². The van der Waals surface area contributed by atoms with Gasteiger partial charge in [-0.05, 0) is 6.07 Å². The Morgan fingerprint density at radius 1 is 1.22 bits per heavy atom. The molecule has 98 valence electrons. The van der Waals surface area contributed by atoms with Gasteiger partial charge in [0, 0.05) is 6.07 Å². The lowest BCUT2D eigenvalue weighted by Crippen LogP contribution is -2.21. The molecular formula is C10H7F4NO3. The fraction of sp³-hybridized carbons (Fsp3) is 0.200. The van der Waals surface area contributed by atoms with E-state index in [-0.39, 0.29) is 6.07 Å². The summed E-state index contributed by atoms with van der Waals surface area (Å²) in [7, 11) is 0.961. The molecule has 0 heterocycles. The lowest BCUT2D eigenvalue weighted by atomic mass is 10.1. The van der Waals surface area contributed by atoms with E-state index in [2.05, 4.69) is 4.74 Å². The van der Waals surface area contributed by atoms with Crippen molar-refractivity contribution in [1.82, 2.24) is 0 Å². The summed E-state index contributed by atoms with van der Waals surface area (Å²) in [4.78, 5) is 21.7. The van der Waals surface area contributed by atoms with E-state index in [1.807, 2.05) is 0 Å². The molecule has 0 fully saturated rings. The monoisotopic (exact) mass is 265 g/mol. The van der Waals surface area contributed by atoms with Crippen molar-refractivity contribution in [3.63, 3.8) is 0 Å². The van der Waals surface area contributed by atoms with Gasteiger partial charge in [-0.25, -0.2) is 13.6 Å². The second-order valence-corrected chi connectivity index (χ2v) is 3.09. The number of esters is 1. The van der Waals surface area contributed by atoms with Crippen LogP contribution in [0.3, 0.4) is 0 Å². The molecule has 0 radical (unpaired) electrons. The van der Waals surface area contributed by atoms with Gasteiger partial charge in [-0.2, -0.15) is 8.78 Å². The first-order valence-corrected chi connectivity index (χ1v) is 4.53. The minimum absolute atomic E-state index is 0.285.